The van der Waals surface area contributed by atoms with Crippen molar-refractivity contribution in [2.45, 2.75) is 20.3 Å². The lowest BCUT2D eigenvalue weighted by Crippen LogP contribution is -2.01. The van der Waals surface area contributed by atoms with Crippen molar-refractivity contribution in [2.24, 2.45) is 7.05 Å². The van der Waals surface area contributed by atoms with Crippen LogP contribution >= 0.6 is 0 Å². The van der Waals surface area contributed by atoms with Gasteiger partial charge in [-0.25, -0.2) is 4.98 Å². The van der Waals surface area contributed by atoms with Crippen molar-refractivity contribution in [1.82, 2.24) is 19.3 Å². The van der Waals surface area contributed by atoms with E-state index in [1.807, 2.05) is 42.9 Å². The quantitative estimate of drug-likeness (QED) is 0.799. The fourth-order valence-corrected chi connectivity index (χ4v) is 2.48. The molecule has 0 amide bonds. The average molecular weight is 285 g/mol. The standard InChI is InChI=1S/C15H19N5O/c1-4-8-21-13-7-5-6-11-14(13)17-15(16)20(11)12-9-19(3)18-10(12)2/h5-7,9H,4,8H2,1-3H3,(H2,16,17). The van der Waals surface area contributed by atoms with E-state index in [4.69, 9.17) is 10.5 Å². The largest absolute Gasteiger partial charge is 0.491 e. The number of aromatic nitrogens is 4. The van der Waals surface area contributed by atoms with E-state index in [1.165, 1.54) is 0 Å². The smallest absolute Gasteiger partial charge is 0.206 e. The third-order valence-corrected chi connectivity index (χ3v) is 3.36. The zero-order valence-corrected chi connectivity index (χ0v) is 12.5. The van der Waals surface area contributed by atoms with Crippen molar-refractivity contribution < 1.29 is 4.74 Å². The maximum atomic E-state index is 6.12. The first kappa shape index (κ1) is 13.5. The van der Waals surface area contributed by atoms with Gasteiger partial charge in [0.25, 0.3) is 0 Å². The number of imidazole rings is 1. The van der Waals surface area contributed by atoms with Crippen LogP contribution in [-0.4, -0.2) is 25.9 Å². The van der Waals surface area contributed by atoms with Gasteiger partial charge in [0, 0.05) is 13.2 Å². The summed E-state index contributed by atoms with van der Waals surface area (Å²) in [6.45, 7) is 4.70. The zero-order valence-electron chi connectivity index (χ0n) is 12.5. The Bertz CT molecular complexity index is 787. The Morgan fingerprint density at radius 1 is 1.33 bits per heavy atom. The van der Waals surface area contributed by atoms with E-state index in [-0.39, 0.29) is 0 Å². The van der Waals surface area contributed by atoms with Crippen LogP contribution in [0.1, 0.15) is 19.0 Å². The Morgan fingerprint density at radius 3 is 2.81 bits per heavy atom. The summed E-state index contributed by atoms with van der Waals surface area (Å²) >= 11 is 0. The number of anilines is 1. The molecule has 2 aromatic heterocycles. The van der Waals surface area contributed by atoms with Crippen molar-refractivity contribution in [1.29, 1.82) is 0 Å². The van der Waals surface area contributed by atoms with Crippen molar-refractivity contribution >= 4 is 17.0 Å². The molecule has 0 spiro atoms. The van der Waals surface area contributed by atoms with E-state index in [0.29, 0.717) is 12.6 Å². The summed E-state index contributed by atoms with van der Waals surface area (Å²) in [6.07, 6.45) is 2.89. The molecule has 1 aromatic carbocycles. The molecule has 2 N–H and O–H groups in total. The molecule has 110 valence electrons. The van der Waals surface area contributed by atoms with E-state index in [1.54, 1.807) is 4.68 Å². The van der Waals surface area contributed by atoms with Crippen LogP contribution in [0.3, 0.4) is 0 Å². The number of fused-ring (bicyclic) bond motifs is 1. The molecule has 6 nitrogen and oxygen atoms in total. The van der Waals surface area contributed by atoms with Crippen molar-refractivity contribution in [3.05, 3.63) is 30.1 Å². The van der Waals surface area contributed by atoms with Crippen LogP contribution in [0.15, 0.2) is 24.4 Å². The van der Waals surface area contributed by atoms with E-state index < -0.39 is 0 Å². The molecular weight excluding hydrogens is 266 g/mol. The number of nitrogen functional groups attached to an aromatic ring is 1. The van der Waals surface area contributed by atoms with Gasteiger partial charge in [0.2, 0.25) is 5.95 Å². The number of nitrogens with two attached hydrogens (primary N) is 1. The Labute approximate surface area is 123 Å². The number of ether oxygens (including phenoxy) is 1. The van der Waals surface area contributed by atoms with Crippen LogP contribution in [0.2, 0.25) is 0 Å². The van der Waals surface area contributed by atoms with E-state index in [9.17, 15) is 0 Å². The van der Waals surface area contributed by atoms with Crippen LogP contribution < -0.4 is 10.5 Å². The molecule has 0 saturated heterocycles. The SMILES string of the molecule is CCCOc1cccc2c1nc(N)n2-c1cn(C)nc1C. The minimum atomic E-state index is 0.439. The van der Waals surface area contributed by atoms with Gasteiger partial charge < -0.3 is 10.5 Å². The second-order valence-corrected chi connectivity index (χ2v) is 5.05. The van der Waals surface area contributed by atoms with E-state index in [0.717, 1.165) is 34.6 Å². The van der Waals surface area contributed by atoms with Crippen LogP contribution in [0.25, 0.3) is 16.7 Å². The van der Waals surface area contributed by atoms with E-state index >= 15 is 0 Å². The van der Waals surface area contributed by atoms with Gasteiger partial charge in [-0.15, -0.1) is 0 Å². The first-order chi connectivity index (χ1) is 10.1. The Kier molecular flexibility index (Phi) is 3.29. The Morgan fingerprint density at radius 2 is 2.14 bits per heavy atom. The zero-order chi connectivity index (χ0) is 15.0. The predicted molar refractivity (Wildman–Crippen MR) is 82.8 cm³/mol. The summed E-state index contributed by atoms with van der Waals surface area (Å²) in [5.74, 6) is 1.20. The van der Waals surface area contributed by atoms with E-state index in [2.05, 4.69) is 17.0 Å². The predicted octanol–water partition coefficient (Wildman–Crippen LogP) is 2.44. The molecule has 0 aliphatic carbocycles. The van der Waals surface area contributed by atoms with Gasteiger partial charge in [0.05, 0.1) is 23.5 Å². The number of aryl methyl sites for hydroxylation is 2. The number of nitrogens with zero attached hydrogens (tertiary/aromatic N) is 4. The molecule has 0 aliphatic heterocycles. The first-order valence-corrected chi connectivity index (χ1v) is 7.02. The molecule has 0 unspecified atom stereocenters. The summed E-state index contributed by atoms with van der Waals surface area (Å²) in [6, 6.07) is 5.87. The second-order valence-electron chi connectivity index (χ2n) is 5.05. The molecule has 6 heteroatoms. The lowest BCUT2D eigenvalue weighted by molar-refractivity contribution is 0.320. The fourth-order valence-electron chi connectivity index (χ4n) is 2.48. The molecule has 21 heavy (non-hydrogen) atoms. The summed E-state index contributed by atoms with van der Waals surface area (Å²) in [5.41, 5.74) is 9.67. The summed E-state index contributed by atoms with van der Waals surface area (Å²) in [5, 5.41) is 4.37. The third kappa shape index (κ3) is 2.22. The average Bonchev–Trinajstić information content (AvgIpc) is 2.95. The van der Waals surface area contributed by atoms with Gasteiger partial charge in [0.1, 0.15) is 11.3 Å². The molecule has 0 aliphatic rings. The topological polar surface area (TPSA) is 70.9 Å². The molecule has 3 rings (SSSR count). The fraction of sp³-hybridized carbons (Fsp3) is 0.333. The molecular formula is C15H19N5O. The van der Waals surface area contributed by atoms with Gasteiger partial charge in [-0.05, 0) is 25.5 Å². The maximum absolute atomic E-state index is 6.12. The molecule has 3 aromatic rings. The molecule has 0 bridgehead atoms. The molecule has 0 radical (unpaired) electrons. The highest BCUT2D eigenvalue weighted by Gasteiger charge is 2.16. The normalized spacial score (nSPS) is 11.2. The minimum absolute atomic E-state index is 0.439. The maximum Gasteiger partial charge on any atom is 0.206 e. The van der Waals surface area contributed by atoms with Crippen molar-refractivity contribution in [3.63, 3.8) is 0 Å². The number of benzene rings is 1. The summed E-state index contributed by atoms with van der Waals surface area (Å²) < 4.78 is 9.44. The third-order valence-electron chi connectivity index (χ3n) is 3.36. The van der Waals surface area contributed by atoms with Gasteiger partial charge in [-0.1, -0.05) is 13.0 Å². The first-order valence-electron chi connectivity index (χ1n) is 7.02. The monoisotopic (exact) mass is 285 g/mol. The number of hydrogen-bond donors (Lipinski definition) is 1. The van der Waals surface area contributed by atoms with Crippen molar-refractivity contribution in [2.75, 3.05) is 12.3 Å². The van der Waals surface area contributed by atoms with Gasteiger partial charge in [0.15, 0.2) is 0 Å². The number of rotatable bonds is 4. The second kappa shape index (κ2) is 5.12. The van der Waals surface area contributed by atoms with Crippen LogP contribution in [-0.2, 0) is 7.05 Å². The molecule has 0 fully saturated rings. The Balaban J connectivity index is 2.20. The lowest BCUT2D eigenvalue weighted by atomic mass is 10.3. The highest BCUT2D eigenvalue weighted by molar-refractivity contribution is 5.86. The van der Waals surface area contributed by atoms with Crippen LogP contribution in [0.4, 0.5) is 5.95 Å². The Hall–Kier alpha value is -2.50. The van der Waals surface area contributed by atoms with Gasteiger partial charge >= 0.3 is 0 Å². The van der Waals surface area contributed by atoms with Gasteiger partial charge in [-0.2, -0.15) is 5.10 Å². The molecule has 0 saturated carbocycles. The molecule has 2 heterocycles. The lowest BCUT2D eigenvalue weighted by Gasteiger charge is -2.06. The minimum Gasteiger partial charge on any atom is -0.491 e. The number of hydrogen-bond acceptors (Lipinski definition) is 4. The van der Waals surface area contributed by atoms with Gasteiger partial charge in [-0.3, -0.25) is 9.25 Å². The highest BCUT2D eigenvalue weighted by Crippen LogP contribution is 2.30. The summed E-state index contributed by atoms with van der Waals surface area (Å²) in [7, 11) is 1.89. The van der Waals surface area contributed by atoms with Crippen molar-refractivity contribution in [3.8, 4) is 11.4 Å². The number of para-hydroxylation sites is 1. The van der Waals surface area contributed by atoms with Crippen LogP contribution in [0.5, 0.6) is 5.75 Å². The molecule has 0 atom stereocenters. The van der Waals surface area contributed by atoms with Crippen LogP contribution in [0, 0.1) is 6.92 Å². The summed E-state index contributed by atoms with van der Waals surface area (Å²) in [4.78, 5) is 4.47. The highest BCUT2D eigenvalue weighted by atomic mass is 16.5.